The Hall–Kier alpha value is -1.02. The fourth-order valence-corrected chi connectivity index (χ4v) is 1.54. The van der Waals surface area contributed by atoms with Gasteiger partial charge in [0, 0.05) is 5.38 Å². The Labute approximate surface area is 90.3 Å². The van der Waals surface area contributed by atoms with Crippen LogP contribution in [0.2, 0.25) is 0 Å². The standard InChI is InChI=1S/C8H12N2O4S/c9-8(13)6-4-15-7(10-6)3-14-2-5(12)1-11/h4-5,11-12H,1-3H2,(H2,9,13). The average molecular weight is 232 g/mol. The van der Waals surface area contributed by atoms with Crippen molar-refractivity contribution in [3.63, 3.8) is 0 Å². The summed E-state index contributed by atoms with van der Waals surface area (Å²) in [6.07, 6.45) is -0.888. The van der Waals surface area contributed by atoms with Gasteiger partial charge >= 0.3 is 0 Å². The van der Waals surface area contributed by atoms with Crippen molar-refractivity contribution in [1.29, 1.82) is 0 Å². The van der Waals surface area contributed by atoms with Crippen LogP contribution in [0, 0.1) is 0 Å². The molecule has 0 aliphatic carbocycles. The summed E-state index contributed by atoms with van der Waals surface area (Å²) in [7, 11) is 0. The minimum atomic E-state index is -0.888. The summed E-state index contributed by atoms with van der Waals surface area (Å²) < 4.78 is 5.05. The van der Waals surface area contributed by atoms with E-state index in [2.05, 4.69) is 4.98 Å². The Kier molecular flexibility index (Phi) is 4.63. The molecule has 0 saturated heterocycles. The second-order valence-corrected chi connectivity index (χ2v) is 3.78. The molecule has 0 bridgehead atoms. The van der Waals surface area contributed by atoms with E-state index in [1.165, 1.54) is 11.3 Å². The molecular weight excluding hydrogens is 220 g/mol. The number of hydrogen-bond donors (Lipinski definition) is 3. The number of hydrogen-bond acceptors (Lipinski definition) is 6. The monoisotopic (exact) mass is 232 g/mol. The quantitative estimate of drug-likeness (QED) is 0.590. The first-order valence-corrected chi connectivity index (χ1v) is 5.12. The van der Waals surface area contributed by atoms with Crippen LogP contribution in [0.15, 0.2) is 5.38 Å². The van der Waals surface area contributed by atoms with E-state index in [1.54, 1.807) is 5.38 Å². The van der Waals surface area contributed by atoms with Crippen molar-refractivity contribution >= 4 is 17.2 Å². The normalized spacial score (nSPS) is 12.7. The maximum atomic E-state index is 10.7. The smallest absolute Gasteiger partial charge is 0.268 e. The van der Waals surface area contributed by atoms with E-state index in [0.717, 1.165) is 0 Å². The lowest BCUT2D eigenvalue weighted by Gasteiger charge is -2.06. The summed E-state index contributed by atoms with van der Waals surface area (Å²) in [5, 5.41) is 19.6. The number of rotatable bonds is 6. The van der Waals surface area contributed by atoms with Crippen molar-refractivity contribution < 1.29 is 19.7 Å². The van der Waals surface area contributed by atoms with Crippen molar-refractivity contribution in [3.05, 3.63) is 16.1 Å². The molecule has 1 aromatic heterocycles. The molecule has 1 aromatic rings. The lowest BCUT2D eigenvalue weighted by molar-refractivity contribution is -0.0000322. The van der Waals surface area contributed by atoms with E-state index in [-0.39, 0.29) is 25.5 Å². The third-order valence-corrected chi connectivity index (χ3v) is 2.37. The van der Waals surface area contributed by atoms with Crippen LogP contribution >= 0.6 is 11.3 Å². The van der Waals surface area contributed by atoms with Crippen LogP contribution in [0.1, 0.15) is 15.5 Å². The highest BCUT2D eigenvalue weighted by atomic mass is 32.1. The van der Waals surface area contributed by atoms with E-state index in [1.807, 2.05) is 0 Å². The van der Waals surface area contributed by atoms with Crippen molar-refractivity contribution in [2.24, 2.45) is 5.73 Å². The summed E-state index contributed by atoms with van der Waals surface area (Å²) in [4.78, 5) is 14.6. The van der Waals surface area contributed by atoms with Crippen LogP contribution < -0.4 is 5.73 Å². The zero-order chi connectivity index (χ0) is 11.3. The second kappa shape index (κ2) is 5.76. The Morgan fingerprint density at radius 3 is 3.00 bits per heavy atom. The fraction of sp³-hybridized carbons (Fsp3) is 0.500. The van der Waals surface area contributed by atoms with Crippen molar-refractivity contribution in [2.45, 2.75) is 12.7 Å². The molecule has 1 heterocycles. The van der Waals surface area contributed by atoms with E-state index in [0.29, 0.717) is 5.01 Å². The molecule has 15 heavy (non-hydrogen) atoms. The zero-order valence-corrected chi connectivity index (χ0v) is 8.74. The van der Waals surface area contributed by atoms with E-state index in [9.17, 15) is 4.79 Å². The van der Waals surface area contributed by atoms with Crippen LogP contribution in [0.3, 0.4) is 0 Å². The topological polar surface area (TPSA) is 106 Å². The molecule has 0 aliphatic heterocycles. The van der Waals surface area contributed by atoms with Gasteiger partial charge in [0.15, 0.2) is 0 Å². The highest BCUT2D eigenvalue weighted by molar-refractivity contribution is 7.09. The predicted molar refractivity (Wildman–Crippen MR) is 53.4 cm³/mol. The number of aliphatic hydroxyl groups is 2. The van der Waals surface area contributed by atoms with Crippen LogP contribution in [-0.2, 0) is 11.3 Å². The third kappa shape index (κ3) is 3.92. The lowest BCUT2D eigenvalue weighted by atomic mass is 10.4. The number of amides is 1. The lowest BCUT2D eigenvalue weighted by Crippen LogP contribution is -2.19. The first-order valence-electron chi connectivity index (χ1n) is 4.24. The van der Waals surface area contributed by atoms with Gasteiger partial charge in [-0.2, -0.15) is 0 Å². The van der Waals surface area contributed by atoms with Crippen LogP contribution in [-0.4, -0.2) is 40.4 Å². The van der Waals surface area contributed by atoms with Gasteiger partial charge in [0.25, 0.3) is 5.91 Å². The maximum Gasteiger partial charge on any atom is 0.268 e. The van der Waals surface area contributed by atoms with Gasteiger partial charge in [-0.15, -0.1) is 11.3 Å². The first-order chi connectivity index (χ1) is 7.13. The number of carbonyl (C=O) groups is 1. The van der Waals surface area contributed by atoms with Gasteiger partial charge < -0.3 is 20.7 Å². The molecule has 0 fully saturated rings. The largest absolute Gasteiger partial charge is 0.394 e. The fourth-order valence-electron chi connectivity index (χ4n) is 0.825. The van der Waals surface area contributed by atoms with Gasteiger partial charge in [0.05, 0.1) is 19.8 Å². The highest BCUT2D eigenvalue weighted by Gasteiger charge is 2.07. The minimum absolute atomic E-state index is 0.0297. The van der Waals surface area contributed by atoms with Crippen LogP contribution in [0.5, 0.6) is 0 Å². The molecule has 6 nitrogen and oxygen atoms in total. The molecule has 1 rings (SSSR count). The number of thiazole rings is 1. The number of nitrogens with zero attached hydrogens (tertiary/aromatic N) is 1. The number of ether oxygens (including phenoxy) is 1. The average Bonchev–Trinajstić information content (AvgIpc) is 2.66. The molecule has 1 atom stereocenters. The summed E-state index contributed by atoms with van der Waals surface area (Å²) in [5.41, 5.74) is 5.23. The highest BCUT2D eigenvalue weighted by Crippen LogP contribution is 2.10. The van der Waals surface area contributed by atoms with E-state index in [4.69, 9.17) is 20.7 Å². The van der Waals surface area contributed by atoms with Gasteiger partial charge in [-0.1, -0.05) is 0 Å². The maximum absolute atomic E-state index is 10.7. The van der Waals surface area contributed by atoms with Crippen molar-refractivity contribution in [3.8, 4) is 0 Å². The molecule has 1 unspecified atom stereocenters. The predicted octanol–water partition coefficient (Wildman–Crippen LogP) is -0.888. The molecule has 7 heteroatoms. The Morgan fingerprint density at radius 2 is 2.47 bits per heavy atom. The first kappa shape index (κ1) is 12.1. The molecule has 1 amide bonds. The Balaban J connectivity index is 2.35. The number of aliphatic hydroxyl groups excluding tert-OH is 2. The second-order valence-electron chi connectivity index (χ2n) is 2.84. The number of aromatic nitrogens is 1. The number of nitrogens with two attached hydrogens (primary N) is 1. The van der Waals surface area contributed by atoms with Crippen LogP contribution in [0.4, 0.5) is 0 Å². The third-order valence-electron chi connectivity index (χ3n) is 1.55. The molecule has 84 valence electrons. The Morgan fingerprint density at radius 1 is 1.73 bits per heavy atom. The molecule has 0 spiro atoms. The zero-order valence-electron chi connectivity index (χ0n) is 7.92. The molecular formula is C8H12N2O4S. The van der Waals surface area contributed by atoms with E-state index < -0.39 is 12.0 Å². The summed E-state index contributed by atoms with van der Waals surface area (Å²) in [6.45, 7) is -0.124. The molecule has 4 N–H and O–H groups in total. The van der Waals surface area contributed by atoms with Gasteiger partial charge in [0.2, 0.25) is 0 Å². The Bertz CT molecular complexity index is 328. The van der Waals surface area contributed by atoms with Gasteiger partial charge in [-0.3, -0.25) is 4.79 Å². The molecule has 0 aromatic carbocycles. The van der Waals surface area contributed by atoms with Gasteiger partial charge in [0.1, 0.15) is 16.8 Å². The summed E-state index contributed by atoms with van der Waals surface area (Å²) in [5.74, 6) is -0.576. The molecule has 0 saturated carbocycles. The van der Waals surface area contributed by atoms with Crippen LogP contribution in [0.25, 0.3) is 0 Å². The summed E-state index contributed by atoms with van der Waals surface area (Å²) >= 11 is 1.26. The van der Waals surface area contributed by atoms with Crippen molar-refractivity contribution in [1.82, 2.24) is 4.98 Å². The minimum Gasteiger partial charge on any atom is -0.394 e. The van der Waals surface area contributed by atoms with Gasteiger partial charge in [-0.05, 0) is 0 Å². The van der Waals surface area contributed by atoms with Crippen molar-refractivity contribution in [2.75, 3.05) is 13.2 Å². The number of carbonyl (C=O) groups excluding carboxylic acids is 1. The van der Waals surface area contributed by atoms with Gasteiger partial charge in [-0.25, -0.2) is 4.98 Å². The number of primary amides is 1. The van der Waals surface area contributed by atoms with E-state index >= 15 is 0 Å². The SMILES string of the molecule is NC(=O)c1csc(COCC(O)CO)n1. The summed E-state index contributed by atoms with van der Waals surface area (Å²) in [6, 6.07) is 0. The molecule has 0 radical (unpaired) electrons. The molecule has 0 aliphatic rings.